The number of hydrogen-bond acceptors (Lipinski definition) is 7. The predicted octanol–water partition coefficient (Wildman–Crippen LogP) is 2.52. The van der Waals surface area contributed by atoms with Crippen LogP contribution in [0.15, 0.2) is 40.5 Å². The van der Waals surface area contributed by atoms with Crippen LogP contribution in [0.1, 0.15) is 39.7 Å². The van der Waals surface area contributed by atoms with Crippen molar-refractivity contribution >= 4 is 39.6 Å². The number of esters is 1. The molecular weight excluding hydrogens is 416 g/mol. The van der Waals surface area contributed by atoms with Gasteiger partial charge in [-0.3, -0.25) is 14.2 Å². The maximum atomic E-state index is 13.0. The van der Waals surface area contributed by atoms with Crippen molar-refractivity contribution in [2.75, 3.05) is 7.11 Å². The molecule has 2 heterocycles. The lowest BCUT2D eigenvalue weighted by atomic mass is 9.89. The Morgan fingerprint density at radius 2 is 2.13 bits per heavy atom. The van der Waals surface area contributed by atoms with Crippen LogP contribution in [-0.4, -0.2) is 34.8 Å². The van der Waals surface area contributed by atoms with Crippen LogP contribution in [0, 0.1) is 5.92 Å². The summed E-state index contributed by atoms with van der Waals surface area (Å²) in [6, 6.07) is 6.59. The number of fused-ring (bicyclic) bond motifs is 3. The fourth-order valence-corrected chi connectivity index (χ4v) is 5.01. The SMILES string of the molecule is COC(=O)c1ccc(/C=N\NC(=O)Cn2cnc3sc4c(c3c2=O)CC[C@H](C)C4)cc1. The molecule has 0 aliphatic heterocycles. The lowest BCUT2D eigenvalue weighted by Gasteiger charge is -2.17. The molecule has 1 aromatic carbocycles. The topological polar surface area (TPSA) is 103 Å². The maximum absolute atomic E-state index is 13.0. The van der Waals surface area contributed by atoms with Gasteiger partial charge in [-0.05, 0) is 48.4 Å². The van der Waals surface area contributed by atoms with Crippen molar-refractivity contribution in [2.45, 2.75) is 32.7 Å². The summed E-state index contributed by atoms with van der Waals surface area (Å²) in [5.41, 5.74) is 4.46. The third-order valence-electron chi connectivity index (χ3n) is 5.33. The van der Waals surface area contributed by atoms with Crippen LogP contribution >= 0.6 is 11.3 Å². The second kappa shape index (κ2) is 8.81. The largest absolute Gasteiger partial charge is 0.465 e. The monoisotopic (exact) mass is 438 g/mol. The van der Waals surface area contributed by atoms with Gasteiger partial charge in [0.2, 0.25) is 0 Å². The summed E-state index contributed by atoms with van der Waals surface area (Å²) < 4.78 is 5.97. The van der Waals surface area contributed by atoms with E-state index >= 15 is 0 Å². The number of hydrazone groups is 1. The molecule has 2 aromatic heterocycles. The van der Waals surface area contributed by atoms with Crippen LogP contribution in [0.5, 0.6) is 0 Å². The van der Waals surface area contributed by atoms with Crippen LogP contribution in [0.25, 0.3) is 10.2 Å². The van der Waals surface area contributed by atoms with Gasteiger partial charge in [0.1, 0.15) is 11.4 Å². The molecule has 31 heavy (non-hydrogen) atoms. The molecule has 0 fully saturated rings. The molecule has 1 aliphatic carbocycles. The van der Waals surface area contributed by atoms with E-state index in [9.17, 15) is 14.4 Å². The van der Waals surface area contributed by atoms with Gasteiger partial charge in [0.15, 0.2) is 0 Å². The number of methoxy groups -OCH3 is 1. The molecule has 8 nitrogen and oxygen atoms in total. The highest BCUT2D eigenvalue weighted by Crippen LogP contribution is 2.35. The summed E-state index contributed by atoms with van der Waals surface area (Å²) in [6.45, 7) is 2.05. The quantitative estimate of drug-likeness (QED) is 0.375. The standard InChI is InChI=1S/C22H22N4O4S/c1-13-3-8-16-17(9-13)31-20-19(16)21(28)26(12-23-20)11-18(27)25-24-10-14-4-6-15(7-5-14)22(29)30-2/h4-7,10,12-13H,3,8-9,11H2,1-2H3,(H,25,27)/b24-10-/t13-/m0/s1. The lowest BCUT2D eigenvalue weighted by molar-refractivity contribution is -0.121. The first-order chi connectivity index (χ1) is 15.0. The van der Waals surface area contributed by atoms with E-state index in [1.807, 2.05) is 0 Å². The van der Waals surface area contributed by atoms with Crippen molar-refractivity contribution in [3.63, 3.8) is 0 Å². The predicted molar refractivity (Wildman–Crippen MR) is 119 cm³/mol. The molecule has 1 aliphatic rings. The Bertz CT molecular complexity index is 1230. The molecule has 0 unspecified atom stereocenters. The number of amides is 1. The van der Waals surface area contributed by atoms with Crippen molar-refractivity contribution in [2.24, 2.45) is 11.0 Å². The fourth-order valence-electron chi connectivity index (χ4n) is 3.67. The van der Waals surface area contributed by atoms with E-state index in [1.165, 1.54) is 29.1 Å². The van der Waals surface area contributed by atoms with Crippen LogP contribution in [0.2, 0.25) is 0 Å². The number of hydrogen-bond donors (Lipinski definition) is 1. The van der Waals surface area contributed by atoms with E-state index in [1.54, 1.807) is 35.6 Å². The van der Waals surface area contributed by atoms with Gasteiger partial charge in [0, 0.05) is 4.88 Å². The van der Waals surface area contributed by atoms with E-state index in [0.29, 0.717) is 22.4 Å². The first-order valence-electron chi connectivity index (χ1n) is 9.96. The molecule has 0 radical (unpaired) electrons. The first-order valence-corrected chi connectivity index (χ1v) is 10.8. The fraction of sp³-hybridized carbons (Fsp3) is 0.318. The van der Waals surface area contributed by atoms with Gasteiger partial charge < -0.3 is 4.74 Å². The number of aryl methyl sites for hydroxylation is 1. The minimum atomic E-state index is -0.427. The zero-order valence-electron chi connectivity index (χ0n) is 17.3. The van der Waals surface area contributed by atoms with Gasteiger partial charge in [0.25, 0.3) is 11.5 Å². The second-order valence-corrected chi connectivity index (χ2v) is 8.70. The summed E-state index contributed by atoms with van der Waals surface area (Å²) in [5.74, 6) is -0.235. The highest BCUT2D eigenvalue weighted by Gasteiger charge is 2.23. The number of ether oxygens (including phenoxy) is 1. The Kier molecular flexibility index (Phi) is 5.94. The summed E-state index contributed by atoms with van der Waals surface area (Å²) in [5, 5.41) is 4.57. The van der Waals surface area contributed by atoms with Crippen LogP contribution < -0.4 is 11.0 Å². The normalized spacial score (nSPS) is 15.7. The minimum Gasteiger partial charge on any atom is -0.465 e. The summed E-state index contributed by atoms with van der Waals surface area (Å²) in [7, 11) is 1.32. The highest BCUT2D eigenvalue weighted by molar-refractivity contribution is 7.18. The Balaban J connectivity index is 1.44. The van der Waals surface area contributed by atoms with Gasteiger partial charge in [-0.15, -0.1) is 11.3 Å². The van der Waals surface area contributed by atoms with Gasteiger partial charge in [-0.25, -0.2) is 15.2 Å². The highest BCUT2D eigenvalue weighted by atomic mass is 32.1. The van der Waals surface area contributed by atoms with E-state index in [4.69, 9.17) is 0 Å². The molecule has 4 rings (SSSR count). The number of nitrogens with one attached hydrogen (secondary N) is 1. The van der Waals surface area contributed by atoms with Crippen molar-refractivity contribution < 1.29 is 14.3 Å². The van der Waals surface area contributed by atoms with Crippen molar-refractivity contribution in [3.8, 4) is 0 Å². The van der Waals surface area contributed by atoms with Crippen LogP contribution in [0.4, 0.5) is 0 Å². The van der Waals surface area contributed by atoms with E-state index < -0.39 is 11.9 Å². The Labute approximate surface area is 182 Å². The van der Waals surface area contributed by atoms with Gasteiger partial charge >= 0.3 is 5.97 Å². The molecule has 1 amide bonds. The first kappa shape index (κ1) is 20.9. The number of benzene rings is 1. The molecule has 0 saturated heterocycles. The molecule has 3 aromatic rings. The number of thiophene rings is 1. The summed E-state index contributed by atoms with van der Waals surface area (Å²) >= 11 is 1.58. The molecule has 0 saturated carbocycles. The third-order valence-corrected chi connectivity index (χ3v) is 6.49. The van der Waals surface area contributed by atoms with E-state index in [2.05, 4.69) is 27.2 Å². The van der Waals surface area contributed by atoms with Gasteiger partial charge in [0.05, 0.1) is 30.6 Å². The summed E-state index contributed by atoms with van der Waals surface area (Å²) in [6.07, 6.45) is 5.79. The Morgan fingerprint density at radius 1 is 1.35 bits per heavy atom. The average Bonchev–Trinajstić information content (AvgIpc) is 3.14. The van der Waals surface area contributed by atoms with E-state index in [-0.39, 0.29) is 12.1 Å². The van der Waals surface area contributed by atoms with Crippen molar-refractivity contribution in [1.29, 1.82) is 0 Å². The van der Waals surface area contributed by atoms with Gasteiger partial charge in [-0.1, -0.05) is 19.1 Å². The average molecular weight is 439 g/mol. The Morgan fingerprint density at radius 3 is 2.87 bits per heavy atom. The molecular formula is C22H22N4O4S. The lowest BCUT2D eigenvalue weighted by Crippen LogP contribution is -2.30. The molecule has 1 N–H and O–H groups in total. The molecule has 160 valence electrons. The van der Waals surface area contributed by atoms with Gasteiger partial charge in [-0.2, -0.15) is 5.10 Å². The van der Waals surface area contributed by atoms with Crippen molar-refractivity contribution in [3.05, 3.63) is 62.5 Å². The van der Waals surface area contributed by atoms with Crippen LogP contribution in [0.3, 0.4) is 0 Å². The number of aromatic nitrogens is 2. The van der Waals surface area contributed by atoms with Crippen molar-refractivity contribution in [1.82, 2.24) is 15.0 Å². The third kappa shape index (κ3) is 4.41. The molecule has 1 atom stereocenters. The molecule has 9 heteroatoms. The van der Waals surface area contributed by atoms with E-state index in [0.717, 1.165) is 29.7 Å². The number of carbonyl (C=O) groups excluding carboxylic acids is 2. The number of rotatable bonds is 5. The second-order valence-electron chi connectivity index (χ2n) is 7.62. The zero-order valence-corrected chi connectivity index (χ0v) is 18.1. The maximum Gasteiger partial charge on any atom is 0.337 e. The number of nitrogens with zero attached hydrogens (tertiary/aromatic N) is 3. The smallest absolute Gasteiger partial charge is 0.337 e. The molecule has 0 spiro atoms. The number of carbonyl (C=O) groups is 2. The molecule has 0 bridgehead atoms. The van der Waals surface area contributed by atoms with Crippen LogP contribution in [-0.2, 0) is 28.9 Å². The Hall–Kier alpha value is -3.33. The summed E-state index contributed by atoms with van der Waals surface area (Å²) in [4.78, 5) is 43.1. The minimum absolute atomic E-state index is 0.165. The zero-order chi connectivity index (χ0) is 22.0.